The summed E-state index contributed by atoms with van der Waals surface area (Å²) >= 11 is 0. The number of methoxy groups -OCH3 is 2. The van der Waals surface area contributed by atoms with Gasteiger partial charge in [0.1, 0.15) is 11.4 Å². The number of furan rings is 1. The second-order valence-corrected chi connectivity index (χ2v) is 6.41. The highest BCUT2D eigenvalue weighted by atomic mass is 16.5. The smallest absolute Gasteiger partial charge is 0.340 e. The minimum atomic E-state index is -0.583. The molecule has 7 nitrogen and oxygen atoms in total. The third kappa shape index (κ3) is 3.60. The van der Waals surface area contributed by atoms with Crippen LogP contribution in [0.1, 0.15) is 20.7 Å². The number of aromatic nitrogens is 1. The molecule has 0 fully saturated rings. The van der Waals surface area contributed by atoms with Crippen molar-refractivity contribution in [3.05, 3.63) is 78.1 Å². The monoisotopic (exact) mass is 402 g/mol. The normalized spacial score (nSPS) is 10.6. The first-order chi connectivity index (χ1) is 14.6. The van der Waals surface area contributed by atoms with E-state index in [9.17, 15) is 9.59 Å². The topological polar surface area (TPSA) is 90.7 Å². The maximum Gasteiger partial charge on any atom is 0.340 e. The first kappa shape index (κ1) is 19.2. The Morgan fingerprint density at radius 1 is 0.967 bits per heavy atom. The fourth-order valence-electron chi connectivity index (χ4n) is 3.14. The van der Waals surface area contributed by atoms with Gasteiger partial charge in [0.15, 0.2) is 5.76 Å². The van der Waals surface area contributed by atoms with Crippen LogP contribution in [0, 0.1) is 0 Å². The van der Waals surface area contributed by atoms with Crippen molar-refractivity contribution in [1.29, 1.82) is 0 Å². The van der Waals surface area contributed by atoms with Crippen LogP contribution in [0.4, 0.5) is 5.69 Å². The van der Waals surface area contributed by atoms with Crippen molar-refractivity contribution in [1.82, 2.24) is 4.98 Å². The molecule has 150 valence electrons. The average Bonchev–Trinajstić information content (AvgIpc) is 3.33. The summed E-state index contributed by atoms with van der Waals surface area (Å²) in [6.07, 6.45) is 1.55. The first-order valence-corrected chi connectivity index (χ1v) is 9.12. The van der Waals surface area contributed by atoms with E-state index in [0.717, 1.165) is 0 Å². The highest BCUT2D eigenvalue weighted by Crippen LogP contribution is 2.28. The van der Waals surface area contributed by atoms with Crippen LogP contribution in [0.2, 0.25) is 0 Å². The summed E-state index contributed by atoms with van der Waals surface area (Å²) in [5, 5.41) is 3.48. The van der Waals surface area contributed by atoms with Gasteiger partial charge in [0.05, 0.1) is 42.8 Å². The highest BCUT2D eigenvalue weighted by Gasteiger charge is 2.19. The van der Waals surface area contributed by atoms with E-state index in [1.165, 1.54) is 20.3 Å². The molecular formula is C23H18N2O5. The van der Waals surface area contributed by atoms with Gasteiger partial charge in [-0.2, -0.15) is 0 Å². The van der Waals surface area contributed by atoms with Gasteiger partial charge in [0.25, 0.3) is 5.91 Å². The molecule has 30 heavy (non-hydrogen) atoms. The van der Waals surface area contributed by atoms with Gasteiger partial charge >= 0.3 is 5.97 Å². The lowest BCUT2D eigenvalue weighted by molar-refractivity contribution is 0.0601. The van der Waals surface area contributed by atoms with Gasteiger partial charge in [-0.3, -0.25) is 4.79 Å². The molecule has 0 aliphatic carbocycles. The van der Waals surface area contributed by atoms with Gasteiger partial charge in [-0.25, -0.2) is 9.78 Å². The lowest BCUT2D eigenvalue weighted by Gasteiger charge is -2.13. The SMILES string of the molecule is COC(=O)c1cc(OC)ccc1NC(=O)c1cc(-c2ccco2)nc2ccccc12. The molecule has 0 saturated heterocycles. The Morgan fingerprint density at radius 2 is 1.80 bits per heavy atom. The van der Waals surface area contributed by atoms with Gasteiger partial charge in [-0.15, -0.1) is 0 Å². The predicted molar refractivity (Wildman–Crippen MR) is 112 cm³/mol. The van der Waals surface area contributed by atoms with Crippen molar-refractivity contribution in [2.24, 2.45) is 0 Å². The van der Waals surface area contributed by atoms with E-state index >= 15 is 0 Å². The Kier molecular flexibility index (Phi) is 5.17. The Hall–Kier alpha value is -4.13. The number of pyridine rings is 1. The molecule has 0 aliphatic heterocycles. The molecule has 2 aromatic carbocycles. The van der Waals surface area contributed by atoms with E-state index in [4.69, 9.17) is 13.9 Å². The predicted octanol–water partition coefficient (Wildman–Crippen LogP) is 4.54. The molecule has 2 aromatic heterocycles. The van der Waals surface area contributed by atoms with E-state index in [-0.39, 0.29) is 5.56 Å². The molecule has 0 bridgehead atoms. The number of carbonyl (C=O) groups is 2. The highest BCUT2D eigenvalue weighted by molar-refractivity contribution is 6.14. The number of nitrogens with zero attached hydrogens (tertiary/aromatic N) is 1. The Morgan fingerprint density at radius 3 is 2.53 bits per heavy atom. The maximum absolute atomic E-state index is 13.2. The zero-order valence-corrected chi connectivity index (χ0v) is 16.3. The number of esters is 1. The summed E-state index contributed by atoms with van der Waals surface area (Å²) in [6.45, 7) is 0. The van der Waals surface area contributed by atoms with Crippen LogP contribution in [0.25, 0.3) is 22.4 Å². The standard InChI is InChI=1S/C23H18N2O5/c1-28-14-9-10-19(17(12-14)23(27)29-2)25-22(26)16-13-20(21-8-5-11-30-21)24-18-7-4-3-6-15(16)18/h3-13H,1-2H3,(H,25,26). The number of para-hydroxylation sites is 1. The van der Waals surface area contributed by atoms with Crippen LogP contribution < -0.4 is 10.1 Å². The molecule has 0 spiro atoms. The molecular weight excluding hydrogens is 384 g/mol. The van der Waals surface area contributed by atoms with Gasteiger partial charge in [0.2, 0.25) is 0 Å². The number of carbonyl (C=O) groups excluding carboxylic acids is 2. The number of ether oxygens (including phenoxy) is 2. The molecule has 0 radical (unpaired) electrons. The largest absolute Gasteiger partial charge is 0.497 e. The van der Waals surface area contributed by atoms with E-state index in [2.05, 4.69) is 10.3 Å². The molecule has 0 atom stereocenters. The summed E-state index contributed by atoms with van der Waals surface area (Å²) in [5.74, 6) is 0.0501. The van der Waals surface area contributed by atoms with Crippen LogP contribution >= 0.6 is 0 Å². The van der Waals surface area contributed by atoms with Gasteiger partial charge in [-0.05, 0) is 42.5 Å². The fourth-order valence-corrected chi connectivity index (χ4v) is 3.14. The van der Waals surface area contributed by atoms with Crippen molar-refractivity contribution >= 4 is 28.5 Å². The number of nitrogens with one attached hydrogen (secondary N) is 1. The number of hydrogen-bond acceptors (Lipinski definition) is 6. The quantitative estimate of drug-likeness (QED) is 0.493. The molecule has 0 aliphatic rings. The summed E-state index contributed by atoms with van der Waals surface area (Å²) in [7, 11) is 2.77. The van der Waals surface area contributed by atoms with E-state index in [0.29, 0.717) is 39.4 Å². The molecule has 0 unspecified atom stereocenters. The van der Waals surface area contributed by atoms with Gasteiger partial charge < -0.3 is 19.2 Å². The Balaban J connectivity index is 1.78. The summed E-state index contributed by atoms with van der Waals surface area (Å²) in [4.78, 5) is 30.0. The molecule has 4 rings (SSSR count). The molecule has 1 N–H and O–H groups in total. The number of hydrogen-bond donors (Lipinski definition) is 1. The van der Waals surface area contributed by atoms with Crippen molar-refractivity contribution in [3.8, 4) is 17.2 Å². The van der Waals surface area contributed by atoms with Gasteiger partial charge in [0, 0.05) is 5.39 Å². The Bertz CT molecular complexity index is 1230. The first-order valence-electron chi connectivity index (χ1n) is 9.12. The third-order valence-corrected chi connectivity index (χ3v) is 4.61. The second-order valence-electron chi connectivity index (χ2n) is 6.41. The van der Waals surface area contributed by atoms with Crippen molar-refractivity contribution in [2.45, 2.75) is 0 Å². The fraction of sp³-hybridized carbons (Fsp3) is 0.0870. The molecule has 0 saturated carbocycles. The lowest BCUT2D eigenvalue weighted by atomic mass is 10.1. The summed E-state index contributed by atoms with van der Waals surface area (Å²) in [6, 6.07) is 17.3. The number of fused-ring (bicyclic) bond motifs is 1. The van der Waals surface area contributed by atoms with Crippen molar-refractivity contribution in [2.75, 3.05) is 19.5 Å². The second kappa shape index (κ2) is 8.08. The molecule has 4 aromatic rings. The lowest BCUT2D eigenvalue weighted by Crippen LogP contribution is -2.16. The molecule has 7 heteroatoms. The number of amides is 1. The van der Waals surface area contributed by atoms with Crippen molar-refractivity contribution < 1.29 is 23.5 Å². The number of benzene rings is 2. The Labute approximate surface area is 172 Å². The van der Waals surface area contributed by atoms with Gasteiger partial charge in [-0.1, -0.05) is 18.2 Å². The van der Waals surface area contributed by atoms with E-state index < -0.39 is 11.9 Å². The van der Waals surface area contributed by atoms with Crippen molar-refractivity contribution in [3.63, 3.8) is 0 Å². The minimum absolute atomic E-state index is 0.190. The van der Waals surface area contributed by atoms with Crippen LogP contribution in [0.5, 0.6) is 5.75 Å². The number of anilines is 1. The van der Waals surface area contributed by atoms with E-state index in [1.807, 2.05) is 24.3 Å². The average molecular weight is 402 g/mol. The third-order valence-electron chi connectivity index (χ3n) is 4.61. The number of rotatable bonds is 5. The van der Waals surface area contributed by atoms with Crippen LogP contribution in [0.3, 0.4) is 0 Å². The maximum atomic E-state index is 13.2. The zero-order chi connectivity index (χ0) is 21.1. The zero-order valence-electron chi connectivity index (χ0n) is 16.3. The minimum Gasteiger partial charge on any atom is -0.497 e. The summed E-state index contributed by atoms with van der Waals surface area (Å²) < 4.78 is 15.4. The molecule has 2 heterocycles. The molecule has 1 amide bonds. The van der Waals surface area contributed by atoms with Crippen LogP contribution in [0.15, 0.2) is 71.3 Å². The van der Waals surface area contributed by atoms with E-state index in [1.54, 1.807) is 36.6 Å². The van der Waals surface area contributed by atoms with Crippen LogP contribution in [-0.2, 0) is 4.74 Å². The summed E-state index contributed by atoms with van der Waals surface area (Å²) in [5.41, 5.74) is 2.09. The van der Waals surface area contributed by atoms with Crippen LogP contribution in [-0.4, -0.2) is 31.1 Å².